The molecule has 0 fully saturated rings. The van der Waals surface area contributed by atoms with E-state index in [2.05, 4.69) is 15.4 Å². The van der Waals surface area contributed by atoms with Crippen LogP contribution in [0.1, 0.15) is 19.8 Å². The van der Waals surface area contributed by atoms with Crippen molar-refractivity contribution in [2.45, 2.75) is 30.7 Å². The number of carboxylic acid groups (broad SMARTS) is 1. The van der Waals surface area contributed by atoms with Crippen LogP contribution in [-0.4, -0.2) is 44.4 Å². The Morgan fingerprint density at radius 3 is 2.21 bits per heavy atom. The van der Waals surface area contributed by atoms with Gasteiger partial charge in [-0.2, -0.15) is 4.72 Å². The summed E-state index contributed by atoms with van der Waals surface area (Å²) in [6.07, 6.45) is -0.310. The summed E-state index contributed by atoms with van der Waals surface area (Å²) >= 11 is 0. The van der Waals surface area contributed by atoms with Crippen LogP contribution in [0.15, 0.2) is 29.2 Å². The summed E-state index contributed by atoms with van der Waals surface area (Å²) in [6, 6.07) is 3.82. The van der Waals surface area contributed by atoms with Gasteiger partial charge in [-0.25, -0.2) is 8.42 Å². The van der Waals surface area contributed by atoms with Crippen LogP contribution in [0.3, 0.4) is 0 Å². The van der Waals surface area contributed by atoms with Gasteiger partial charge >= 0.3 is 5.97 Å². The average Bonchev–Trinajstić information content (AvgIpc) is 2.50. The van der Waals surface area contributed by atoms with E-state index in [1.165, 1.54) is 38.2 Å². The first-order valence-corrected chi connectivity index (χ1v) is 8.47. The summed E-state index contributed by atoms with van der Waals surface area (Å²) in [5.74, 6) is -2.07. The maximum atomic E-state index is 12.2. The number of anilines is 1. The van der Waals surface area contributed by atoms with Gasteiger partial charge in [-0.1, -0.05) is 0 Å². The fourth-order valence-corrected chi connectivity index (χ4v) is 3.03. The van der Waals surface area contributed by atoms with Crippen LogP contribution in [0.4, 0.5) is 5.69 Å². The zero-order valence-corrected chi connectivity index (χ0v) is 14.0. The Kier molecular flexibility index (Phi) is 6.86. The normalized spacial score (nSPS) is 12.2. The van der Waals surface area contributed by atoms with Crippen LogP contribution in [0.2, 0.25) is 0 Å². The van der Waals surface area contributed by atoms with Crippen molar-refractivity contribution >= 4 is 33.5 Å². The molecule has 0 saturated carbocycles. The summed E-state index contributed by atoms with van der Waals surface area (Å²) in [4.78, 5) is 33.1. The fraction of sp³-hybridized carbons (Fsp3) is 0.357. The molecule has 0 saturated heterocycles. The SMILES string of the molecule is CNC(=O)CCC(NS(=O)(=O)c1ccc(NC(C)=O)cc1)C(=O)O. The Labute approximate surface area is 139 Å². The number of amides is 2. The van der Waals surface area contributed by atoms with Crippen LogP contribution in [-0.2, 0) is 24.4 Å². The quantitative estimate of drug-likeness (QED) is 0.512. The Hall–Kier alpha value is -2.46. The van der Waals surface area contributed by atoms with Crippen molar-refractivity contribution < 1.29 is 27.9 Å². The molecule has 4 N–H and O–H groups in total. The van der Waals surface area contributed by atoms with E-state index in [1.807, 2.05) is 0 Å². The van der Waals surface area contributed by atoms with E-state index < -0.39 is 22.0 Å². The molecule has 1 aromatic carbocycles. The monoisotopic (exact) mass is 357 g/mol. The van der Waals surface area contributed by atoms with Crippen LogP contribution in [0.5, 0.6) is 0 Å². The Bertz CT molecular complexity index is 715. The van der Waals surface area contributed by atoms with Crippen molar-refractivity contribution in [3.63, 3.8) is 0 Å². The van der Waals surface area contributed by atoms with Crippen molar-refractivity contribution in [2.75, 3.05) is 12.4 Å². The number of sulfonamides is 1. The van der Waals surface area contributed by atoms with E-state index in [1.54, 1.807) is 0 Å². The lowest BCUT2D eigenvalue weighted by Gasteiger charge is -2.14. The van der Waals surface area contributed by atoms with E-state index in [0.717, 1.165) is 0 Å². The molecule has 1 aromatic rings. The molecule has 1 rings (SSSR count). The third-order valence-electron chi connectivity index (χ3n) is 3.02. The maximum absolute atomic E-state index is 12.2. The van der Waals surface area contributed by atoms with Crippen molar-refractivity contribution in [3.8, 4) is 0 Å². The molecule has 0 heterocycles. The van der Waals surface area contributed by atoms with Gasteiger partial charge < -0.3 is 15.7 Å². The first-order valence-electron chi connectivity index (χ1n) is 6.99. The average molecular weight is 357 g/mol. The molecule has 9 nitrogen and oxygen atoms in total. The second kappa shape index (κ2) is 8.41. The largest absolute Gasteiger partial charge is 0.480 e. The van der Waals surface area contributed by atoms with E-state index in [4.69, 9.17) is 5.11 Å². The fourth-order valence-electron chi connectivity index (χ4n) is 1.81. The topological polar surface area (TPSA) is 142 Å². The van der Waals surface area contributed by atoms with Gasteiger partial charge in [-0.05, 0) is 30.7 Å². The summed E-state index contributed by atoms with van der Waals surface area (Å²) in [7, 11) is -2.68. The number of nitrogens with one attached hydrogen (secondary N) is 3. The van der Waals surface area contributed by atoms with Gasteiger partial charge in [0, 0.05) is 26.1 Å². The predicted molar refractivity (Wildman–Crippen MR) is 85.8 cm³/mol. The summed E-state index contributed by atoms with van der Waals surface area (Å²) < 4.78 is 26.5. The highest BCUT2D eigenvalue weighted by Crippen LogP contribution is 2.15. The van der Waals surface area contributed by atoms with Crippen LogP contribution in [0, 0.1) is 0 Å². The van der Waals surface area contributed by atoms with Gasteiger partial charge in [0.2, 0.25) is 21.8 Å². The molecule has 10 heteroatoms. The molecule has 0 aliphatic heterocycles. The maximum Gasteiger partial charge on any atom is 0.321 e. The number of carbonyl (C=O) groups excluding carboxylic acids is 2. The van der Waals surface area contributed by atoms with Gasteiger partial charge in [-0.3, -0.25) is 14.4 Å². The van der Waals surface area contributed by atoms with E-state index in [-0.39, 0.29) is 29.6 Å². The summed E-state index contributed by atoms with van der Waals surface area (Å²) in [6.45, 7) is 1.32. The molecule has 0 aliphatic rings. The summed E-state index contributed by atoms with van der Waals surface area (Å²) in [5.41, 5.74) is 0.413. The molecule has 0 bridgehead atoms. The van der Waals surface area contributed by atoms with Gasteiger partial charge in [0.25, 0.3) is 0 Å². The highest BCUT2D eigenvalue weighted by Gasteiger charge is 2.25. The molecule has 1 unspecified atom stereocenters. The van der Waals surface area contributed by atoms with Gasteiger partial charge in [0.05, 0.1) is 4.90 Å². The number of benzene rings is 1. The minimum atomic E-state index is -4.08. The van der Waals surface area contributed by atoms with Crippen molar-refractivity contribution in [3.05, 3.63) is 24.3 Å². The smallest absolute Gasteiger partial charge is 0.321 e. The lowest BCUT2D eigenvalue weighted by atomic mass is 10.1. The third kappa shape index (κ3) is 5.97. The number of hydrogen-bond donors (Lipinski definition) is 4. The van der Waals surface area contributed by atoms with Crippen molar-refractivity contribution in [1.82, 2.24) is 10.0 Å². The predicted octanol–water partition coefficient (Wildman–Crippen LogP) is -0.0973. The van der Waals surface area contributed by atoms with Crippen LogP contribution in [0.25, 0.3) is 0 Å². The minimum absolute atomic E-state index is 0.128. The van der Waals surface area contributed by atoms with E-state index in [0.29, 0.717) is 5.69 Å². The Morgan fingerprint density at radius 1 is 1.17 bits per heavy atom. The molecular formula is C14H19N3O6S. The Morgan fingerprint density at radius 2 is 1.75 bits per heavy atom. The highest BCUT2D eigenvalue weighted by molar-refractivity contribution is 7.89. The van der Waals surface area contributed by atoms with Gasteiger partial charge in [0.15, 0.2) is 0 Å². The van der Waals surface area contributed by atoms with Gasteiger partial charge in [-0.15, -0.1) is 0 Å². The third-order valence-corrected chi connectivity index (χ3v) is 4.51. The molecule has 0 spiro atoms. The van der Waals surface area contributed by atoms with Crippen LogP contribution >= 0.6 is 0 Å². The minimum Gasteiger partial charge on any atom is -0.480 e. The standard InChI is InChI=1S/C14H19N3O6S/c1-9(18)16-10-3-5-11(6-4-10)24(22,23)17-12(14(20)21)7-8-13(19)15-2/h3-6,12,17H,7-8H2,1-2H3,(H,15,19)(H,16,18)(H,20,21). The Balaban J connectivity index is 2.86. The van der Waals surface area contributed by atoms with Crippen LogP contribution < -0.4 is 15.4 Å². The molecule has 132 valence electrons. The number of carbonyl (C=O) groups is 3. The molecule has 24 heavy (non-hydrogen) atoms. The summed E-state index contributed by atoms with van der Waals surface area (Å²) in [5, 5.41) is 13.9. The van der Waals surface area contributed by atoms with E-state index in [9.17, 15) is 22.8 Å². The number of hydrogen-bond acceptors (Lipinski definition) is 5. The molecule has 0 aliphatic carbocycles. The molecule has 0 aromatic heterocycles. The molecule has 0 radical (unpaired) electrons. The number of carboxylic acids is 1. The highest BCUT2D eigenvalue weighted by atomic mass is 32.2. The second-order valence-corrected chi connectivity index (χ2v) is 6.64. The molecule has 1 atom stereocenters. The first kappa shape index (κ1) is 19.6. The van der Waals surface area contributed by atoms with Crippen molar-refractivity contribution in [2.24, 2.45) is 0 Å². The number of aliphatic carboxylic acids is 1. The number of rotatable bonds is 8. The second-order valence-electron chi connectivity index (χ2n) is 4.93. The zero-order chi connectivity index (χ0) is 18.3. The van der Waals surface area contributed by atoms with E-state index >= 15 is 0 Å². The lowest BCUT2D eigenvalue weighted by Crippen LogP contribution is -2.41. The van der Waals surface area contributed by atoms with Crippen molar-refractivity contribution in [1.29, 1.82) is 0 Å². The van der Waals surface area contributed by atoms with Gasteiger partial charge in [0.1, 0.15) is 6.04 Å². The lowest BCUT2D eigenvalue weighted by molar-refractivity contribution is -0.139. The molecular weight excluding hydrogens is 338 g/mol. The molecule has 2 amide bonds. The first-order chi connectivity index (χ1) is 11.2. The zero-order valence-electron chi connectivity index (χ0n) is 13.2.